The van der Waals surface area contributed by atoms with Crippen LogP contribution >= 0.6 is 11.6 Å². The molecule has 25 heavy (non-hydrogen) atoms. The molecule has 11 heteroatoms. The van der Waals surface area contributed by atoms with Crippen LogP contribution in [-0.2, 0) is 14.6 Å². The lowest BCUT2D eigenvalue weighted by Gasteiger charge is -2.30. The smallest absolute Gasteiger partial charge is 0.426 e. The van der Waals surface area contributed by atoms with E-state index in [4.69, 9.17) is 11.6 Å². The van der Waals surface area contributed by atoms with Crippen molar-refractivity contribution in [1.82, 2.24) is 4.90 Å². The van der Waals surface area contributed by atoms with Gasteiger partial charge in [-0.25, -0.2) is 13.2 Å². The predicted octanol–water partition coefficient (Wildman–Crippen LogP) is 2.55. The zero-order chi connectivity index (χ0) is 18.7. The highest BCUT2D eigenvalue weighted by molar-refractivity contribution is 7.91. The van der Waals surface area contributed by atoms with E-state index >= 15 is 0 Å². The molecule has 0 saturated carbocycles. The van der Waals surface area contributed by atoms with Crippen LogP contribution in [0, 0.1) is 0 Å². The monoisotopic (exact) mass is 400 g/mol. The average molecular weight is 401 g/mol. The van der Waals surface area contributed by atoms with Gasteiger partial charge < -0.3 is 4.74 Å². The number of hydrogen-bond donors (Lipinski definition) is 1. The number of alkyl halides is 3. The van der Waals surface area contributed by atoms with Gasteiger partial charge in [0.05, 0.1) is 11.5 Å². The number of nitrogens with one attached hydrogen (secondary N) is 1. The Bertz CT molecular complexity index is 696. The minimum absolute atomic E-state index is 0.0307. The van der Waals surface area contributed by atoms with Crippen LogP contribution in [0.3, 0.4) is 0 Å². The van der Waals surface area contributed by atoms with Gasteiger partial charge in [0.25, 0.3) is 0 Å². The lowest BCUT2D eigenvalue weighted by atomic mass is 10.3. The Labute approximate surface area is 147 Å². The van der Waals surface area contributed by atoms with Crippen molar-refractivity contribution in [3.8, 4) is 0 Å². The zero-order valence-corrected chi connectivity index (χ0v) is 14.5. The topological polar surface area (TPSA) is 75.7 Å². The summed E-state index contributed by atoms with van der Waals surface area (Å²) < 4.78 is 66.5. The van der Waals surface area contributed by atoms with E-state index < -0.39 is 34.8 Å². The van der Waals surface area contributed by atoms with Crippen LogP contribution in [0.25, 0.3) is 0 Å². The van der Waals surface area contributed by atoms with Crippen LogP contribution in [0.15, 0.2) is 24.3 Å². The molecule has 0 unspecified atom stereocenters. The van der Waals surface area contributed by atoms with E-state index in [1.807, 2.05) is 0 Å². The Morgan fingerprint density at radius 1 is 1.24 bits per heavy atom. The highest BCUT2D eigenvalue weighted by atomic mass is 35.5. The number of nitrogens with zero attached hydrogens (tertiary/aromatic N) is 1. The Kier molecular flexibility index (Phi) is 6.17. The number of carbonyl (C=O) groups excluding carboxylic acids is 1. The van der Waals surface area contributed by atoms with Crippen molar-refractivity contribution >= 4 is 33.2 Å². The zero-order valence-electron chi connectivity index (χ0n) is 12.9. The lowest BCUT2D eigenvalue weighted by molar-refractivity contribution is -0.206. The third-order valence-corrected chi connectivity index (χ3v) is 5.43. The van der Waals surface area contributed by atoms with Crippen LogP contribution in [0.2, 0.25) is 5.02 Å². The molecular formula is C14H16ClF3N2O4S. The fourth-order valence-electron chi connectivity index (χ4n) is 2.18. The molecule has 1 aliphatic heterocycles. The molecule has 0 aliphatic carbocycles. The van der Waals surface area contributed by atoms with Gasteiger partial charge in [0, 0.05) is 30.3 Å². The van der Waals surface area contributed by atoms with Crippen molar-refractivity contribution in [1.29, 1.82) is 0 Å². The van der Waals surface area contributed by atoms with E-state index in [0.29, 0.717) is 5.02 Å². The Hall–Kier alpha value is -1.52. The molecule has 6 nitrogen and oxygen atoms in total. The molecule has 140 valence electrons. The molecule has 1 fully saturated rings. The van der Waals surface area contributed by atoms with E-state index in [-0.39, 0.29) is 30.3 Å². The molecular weight excluding hydrogens is 385 g/mol. The first kappa shape index (κ1) is 19.8. The molecule has 1 saturated heterocycles. The Morgan fingerprint density at radius 3 is 2.32 bits per heavy atom. The average Bonchev–Trinajstić information content (AvgIpc) is 2.50. The number of anilines is 1. The third-order valence-electron chi connectivity index (χ3n) is 3.57. The Morgan fingerprint density at radius 2 is 1.80 bits per heavy atom. The maximum Gasteiger partial charge on any atom is 0.426 e. The van der Waals surface area contributed by atoms with E-state index in [1.165, 1.54) is 29.2 Å². The standard InChI is InChI=1S/C14H16ClF3N2O4S/c15-10-1-3-11(4-2-10)19-13(21)24-12(14(16,17)18)9-20-5-7-25(22,23)8-6-20/h1-4,12H,5-9H2,(H,19,21)/t12-/m0/s1. The second kappa shape index (κ2) is 7.79. The molecule has 0 radical (unpaired) electrons. The number of amides is 1. The van der Waals surface area contributed by atoms with E-state index in [1.54, 1.807) is 0 Å². The molecule has 1 heterocycles. The molecule has 0 aromatic heterocycles. The van der Waals surface area contributed by atoms with Crippen LogP contribution in [0.5, 0.6) is 0 Å². The van der Waals surface area contributed by atoms with Crippen molar-refractivity contribution in [2.45, 2.75) is 12.3 Å². The maximum absolute atomic E-state index is 13.1. The summed E-state index contributed by atoms with van der Waals surface area (Å²) in [5.41, 5.74) is 0.236. The van der Waals surface area contributed by atoms with Gasteiger partial charge in [-0.3, -0.25) is 10.2 Å². The van der Waals surface area contributed by atoms with Crippen molar-refractivity contribution in [2.75, 3.05) is 36.5 Å². The summed E-state index contributed by atoms with van der Waals surface area (Å²) in [4.78, 5) is 13.0. The molecule has 1 aliphatic rings. The molecule has 1 amide bonds. The Balaban J connectivity index is 1.95. The van der Waals surface area contributed by atoms with Crippen molar-refractivity contribution < 1.29 is 31.1 Å². The first-order valence-corrected chi connectivity index (χ1v) is 9.48. The fourth-order valence-corrected chi connectivity index (χ4v) is 3.59. The van der Waals surface area contributed by atoms with E-state index in [0.717, 1.165) is 0 Å². The molecule has 0 spiro atoms. The van der Waals surface area contributed by atoms with Gasteiger partial charge in [0.2, 0.25) is 6.10 Å². The SMILES string of the molecule is O=C(Nc1ccc(Cl)cc1)O[C@@H](CN1CCS(=O)(=O)CC1)C(F)(F)F. The largest absolute Gasteiger partial charge is 0.435 e. The van der Waals surface area contributed by atoms with Crippen LogP contribution < -0.4 is 5.32 Å². The van der Waals surface area contributed by atoms with E-state index in [2.05, 4.69) is 10.1 Å². The second-order valence-electron chi connectivity index (χ2n) is 5.52. The maximum atomic E-state index is 13.1. The third kappa shape index (κ3) is 6.37. The van der Waals surface area contributed by atoms with Gasteiger partial charge in [-0.15, -0.1) is 0 Å². The van der Waals surface area contributed by atoms with Gasteiger partial charge >= 0.3 is 12.3 Å². The summed E-state index contributed by atoms with van der Waals surface area (Å²) in [5.74, 6) is -0.427. The van der Waals surface area contributed by atoms with Crippen LogP contribution in [0.1, 0.15) is 0 Å². The minimum Gasteiger partial charge on any atom is -0.435 e. The molecule has 1 aromatic carbocycles. The summed E-state index contributed by atoms with van der Waals surface area (Å²) >= 11 is 5.68. The summed E-state index contributed by atoms with van der Waals surface area (Å²) in [6.07, 6.45) is -8.39. The summed E-state index contributed by atoms with van der Waals surface area (Å²) in [7, 11) is -3.21. The summed E-state index contributed by atoms with van der Waals surface area (Å²) in [6.45, 7) is -0.679. The molecule has 1 atom stereocenters. The number of carbonyl (C=O) groups is 1. The predicted molar refractivity (Wildman–Crippen MR) is 86.5 cm³/mol. The molecule has 1 aromatic rings. The molecule has 0 bridgehead atoms. The fraction of sp³-hybridized carbons (Fsp3) is 0.500. The van der Waals surface area contributed by atoms with Crippen molar-refractivity contribution in [3.05, 3.63) is 29.3 Å². The first-order valence-electron chi connectivity index (χ1n) is 7.28. The quantitative estimate of drug-likeness (QED) is 0.840. The normalized spacial score (nSPS) is 19.2. The van der Waals surface area contributed by atoms with Gasteiger partial charge in [0.1, 0.15) is 0 Å². The van der Waals surface area contributed by atoms with Crippen molar-refractivity contribution in [2.24, 2.45) is 0 Å². The highest BCUT2D eigenvalue weighted by Gasteiger charge is 2.44. The number of rotatable bonds is 4. The number of ether oxygens (including phenoxy) is 1. The lowest BCUT2D eigenvalue weighted by Crippen LogP contribution is -2.49. The highest BCUT2D eigenvalue weighted by Crippen LogP contribution is 2.25. The summed E-state index contributed by atoms with van der Waals surface area (Å²) in [5, 5.41) is 2.60. The van der Waals surface area contributed by atoms with Gasteiger partial charge in [-0.05, 0) is 24.3 Å². The first-order chi connectivity index (χ1) is 11.5. The van der Waals surface area contributed by atoms with Crippen LogP contribution in [0.4, 0.5) is 23.7 Å². The number of sulfone groups is 1. The van der Waals surface area contributed by atoms with Gasteiger partial charge in [0.15, 0.2) is 9.84 Å². The molecule has 2 rings (SSSR count). The summed E-state index contributed by atoms with van der Waals surface area (Å²) in [6, 6.07) is 5.77. The second-order valence-corrected chi connectivity index (χ2v) is 8.26. The number of benzene rings is 1. The number of halogens is 4. The van der Waals surface area contributed by atoms with Gasteiger partial charge in [-0.2, -0.15) is 13.2 Å². The molecule has 1 N–H and O–H groups in total. The van der Waals surface area contributed by atoms with Crippen molar-refractivity contribution in [3.63, 3.8) is 0 Å². The van der Waals surface area contributed by atoms with Crippen LogP contribution in [-0.4, -0.2) is 62.8 Å². The van der Waals surface area contributed by atoms with Gasteiger partial charge in [-0.1, -0.05) is 11.6 Å². The van der Waals surface area contributed by atoms with E-state index in [9.17, 15) is 26.4 Å². The number of hydrogen-bond acceptors (Lipinski definition) is 5. The minimum atomic E-state index is -4.77.